The summed E-state index contributed by atoms with van der Waals surface area (Å²) in [7, 11) is 0. The standard InChI is InChI=1S/C52H35NO2/c1-3-13-36(14-4-1)33-47(52-35-41-17-7-11-21-49(41)54-52)44-18-8-10-20-48(44)53(42-28-23-38(24-29-42)37-15-5-2-6-16-37)43-30-25-39(26-31-43)40-27-32-46-45-19-9-12-22-50(45)55-51(46)34-40/h1-35H/b47-33-. The molecule has 3 heteroatoms. The normalized spacial score (nSPS) is 11.7. The summed E-state index contributed by atoms with van der Waals surface area (Å²) < 4.78 is 12.8. The van der Waals surface area contributed by atoms with Gasteiger partial charge in [-0.05, 0) is 94.6 Å². The molecule has 260 valence electrons. The van der Waals surface area contributed by atoms with Gasteiger partial charge in [-0.2, -0.15) is 0 Å². The monoisotopic (exact) mass is 705 g/mol. The first-order valence-electron chi connectivity index (χ1n) is 18.6. The number of nitrogens with zero attached hydrogens (tertiary/aromatic N) is 1. The van der Waals surface area contributed by atoms with Crippen LogP contribution < -0.4 is 4.90 Å². The molecule has 0 amide bonds. The van der Waals surface area contributed by atoms with Crippen molar-refractivity contribution >= 4 is 61.6 Å². The Bertz CT molecular complexity index is 2920. The molecule has 0 aliphatic rings. The Morgan fingerprint density at radius 3 is 1.71 bits per heavy atom. The van der Waals surface area contributed by atoms with Crippen LogP contribution in [0.3, 0.4) is 0 Å². The molecule has 0 atom stereocenters. The van der Waals surface area contributed by atoms with Gasteiger partial charge in [0.1, 0.15) is 22.5 Å². The van der Waals surface area contributed by atoms with Crippen LogP contribution in [0.2, 0.25) is 0 Å². The molecule has 0 unspecified atom stereocenters. The summed E-state index contributed by atoms with van der Waals surface area (Å²) in [5, 5.41) is 3.33. The molecule has 0 saturated carbocycles. The van der Waals surface area contributed by atoms with Crippen LogP contribution in [0, 0.1) is 0 Å². The van der Waals surface area contributed by atoms with E-state index >= 15 is 0 Å². The molecule has 0 bridgehead atoms. The smallest absolute Gasteiger partial charge is 0.136 e. The number of fused-ring (bicyclic) bond motifs is 4. The van der Waals surface area contributed by atoms with E-state index in [0.29, 0.717) is 0 Å². The van der Waals surface area contributed by atoms with Gasteiger partial charge in [-0.3, -0.25) is 0 Å². The summed E-state index contributed by atoms with van der Waals surface area (Å²) in [5.41, 5.74) is 13.5. The Kier molecular flexibility index (Phi) is 8.16. The third-order valence-electron chi connectivity index (χ3n) is 10.3. The highest BCUT2D eigenvalue weighted by atomic mass is 16.3. The Morgan fingerprint density at radius 1 is 0.400 bits per heavy atom. The maximum absolute atomic E-state index is 6.59. The largest absolute Gasteiger partial charge is 0.456 e. The first kappa shape index (κ1) is 32.3. The number of hydrogen-bond donors (Lipinski definition) is 0. The average Bonchev–Trinajstić information content (AvgIpc) is 3.86. The lowest BCUT2D eigenvalue weighted by Crippen LogP contribution is -2.12. The maximum atomic E-state index is 6.59. The van der Waals surface area contributed by atoms with Crippen molar-refractivity contribution in [1.29, 1.82) is 0 Å². The average molecular weight is 706 g/mol. The van der Waals surface area contributed by atoms with E-state index in [4.69, 9.17) is 8.83 Å². The summed E-state index contributed by atoms with van der Waals surface area (Å²) in [4.78, 5) is 2.35. The third-order valence-corrected chi connectivity index (χ3v) is 10.3. The van der Waals surface area contributed by atoms with E-state index in [0.717, 1.165) is 83.6 Å². The number of benzene rings is 8. The van der Waals surface area contributed by atoms with Gasteiger partial charge >= 0.3 is 0 Å². The van der Waals surface area contributed by atoms with Crippen LogP contribution in [0.25, 0.3) is 66.8 Å². The molecule has 8 aromatic carbocycles. The van der Waals surface area contributed by atoms with E-state index in [-0.39, 0.29) is 0 Å². The van der Waals surface area contributed by atoms with Crippen molar-refractivity contribution in [2.75, 3.05) is 4.90 Å². The van der Waals surface area contributed by atoms with Crippen molar-refractivity contribution in [3.63, 3.8) is 0 Å². The third kappa shape index (κ3) is 6.18. The lowest BCUT2D eigenvalue weighted by atomic mass is 9.96. The molecule has 0 aliphatic heterocycles. The number of anilines is 3. The van der Waals surface area contributed by atoms with E-state index < -0.39 is 0 Å². The number of para-hydroxylation sites is 3. The highest BCUT2D eigenvalue weighted by Crippen LogP contribution is 2.43. The lowest BCUT2D eigenvalue weighted by Gasteiger charge is -2.28. The van der Waals surface area contributed by atoms with Crippen LogP contribution in [0.4, 0.5) is 17.1 Å². The summed E-state index contributed by atoms with van der Waals surface area (Å²) in [6.07, 6.45) is 2.23. The summed E-state index contributed by atoms with van der Waals surface area (Å²) in [6.45, 7) is 0. The molecule has 0 fully saturated rings. The Labute approximate surface area is 319 Å². The van der Waals surface area contributed by atoms with Gasteiger partial charge in [0.25, 0.3) is 0 Å². The molecule has 0 N–H and O–H groups in total. The second-order valence-electron chi connectivity index (χ2n) is 13.7. The van der Waals surface area contributed by atoms with Crippen molar-refractivity contribution < 1.29 is 8.83 Å². The number of furan rings is 2. The Balaban J connectivity index is 1.12. The van der Waals surface area contributed by atoms with Gasteiger partial charge < -0.3 is 13.7 Å². The molecule has 0 radical (unpaired) electrons. The minimum Gasteiger partial charge on any atom is -0.456 e. The molecule has 10 aromatic rings. The fraction of sp³-hybridized carbons (Fsp3) is 0. The van der Waals surface area contributed by atoms with Gasteiger partial charge in [0, 0.05) is 38.7 Å². The Hall–Kier alpha value is -7.36. The van der Waals surface area contributed by atoms with Crippen molar-refractivity contribution in [1.82, 2.24) is 0 Å². The van der Waals surface area contributed by atoms with Crippen molar-refractivity contribution in [3.8, 4) is 22.3 Å². The number of hydrogen-bond acceptors (Lipinski definition) is 3. The van der Waals surface area contributed by atoms with Crippen molar-refractivity contribution in [3.05, 3.63) is 223 Å². The van der Waals surface area contributed by atoms with Crippen LogP contribution in [0.15, 0.2) is 215 Å². The predicted octanol–water partition coefficient (Wildman–Crippen LogP) is 14.7. The van der Waals surface area contributed by atoms with Crippen molar-refractivity contribution in [2.45, 2.75) is 0 Å². The second-order valence-corrected chi connectivity index (χ2v) is 13.7. The predicted molar refractivity (Wildman–Crippen MR) is 229 cm³/mol. The molecule has 3 nitrogen and oxygen atoms in total. The highest BCUT2D eigenvalue weighted by molar-refractivity contribution is 6.06. The summed E-state index contributed by atoms with van der Waals surface area (Å²) >= 11 is 0. The zero-order valence-corrected chi connectivity index (χ0v) is 30.0. The fourth-order valence-electron chi connectivity index (χ4n) is 7.58. The lowest BCUT2D eigenvalue weighted by molar-refractivity contribution is 0.601. The molecular formula is C52H35NO2. The summed E-state index contributed by atoms with van der Waals surface area (Å²) in [6, 6.07) is 72.3. The quantitative estimate of drug-likeness (QED) is 0.147. The van der Waals surface area contributed by atoms with Gasteiger partial charge in [0.05, 0.1) is 5.69 Å². The van der Waals surface area contributed by atoms with Crippen LogP contribution in [-0.2, 0) is 0 Å². The minimum atomic E-state index is 0.813. The van der Waals surface area contributed by atoms with Gasteiger partial charge in [-0.1, -0.05) is 146 Å². The van der Waals surface area contributed by atoms with Crippen LogP contribution in [0.5, 0.6) is 0 Å². The summed E-state index contributed by atoms with van der Waals surface area (Å²) in [5.74, 6) is 0.813. The van der Waals surface area contributed by atoms with E-state index in [9.17, 15) is 0 Å². The topological polar surface area (TPSA) is 29.5 Å². The van der Waals surface area contributed by atoms with Crippen LogP contribution in [0.1, 0.15) is 16.9 Å². The van der Waals surface area contributed by atoms with Crippen LogP contribution >= 0.6 is 0 Å². The molecular weight excluding hydrogens is 671 g/mol. The zero-order valence-electron chi connectivity index (χ0n) is 30.0. The molecule has 0 spiro atoms. The second kappa shape index (κ2) is 13.9. The molecule has 2 heterocycles. The Morgan fingerprint density at radius 2 is 0.964 bits per heavy atom. The SMILES string of the molecule is C(=C(/c1cc2ccccc2o1)c1ccccc1N(c1ccc(-c2ccccc2)cc1)c1ccc(-c2ccc3c(c2)oc2ccccc23)cc1)/c1ccccc1. The minimum absolute atomic E-state index is 0.813. The molecule has 55 heavy (non-hydrogen) atoms. The molecule has 0 saturated heterocycles. The van der Waals surface area contributed by atoms with E-state index in [1.54, 1.807) is 0 Å². The van der Waals surface area contributed by atoms with Gasteiger partial charge in [0.2, 0.25) is 0 Å². The zero-order chi connectivity index (χ0) is 36.6. The van der Waals surface area contributed by atoms with E-state index in [1.807, 2.05) is 30.3 Å². The first-order valence-corrected chi connectivity index (χ1v) is 18.6. The molecule has 10 rings (SSSR count). The van der Waals surface area contributed by atoms with Gasteiger partial charge in [-0.15, -0.1) is 0 Å². The maximum Gasteiger partial charge on any atom is 0.136 e. The molecule has 0 aliphatic carbocycles. The van der Waals surface area contributed by atoms with Crippen molar-refractivity contribution in [2.24, 2.45) is 0 Å². The van der Waals surface area contributed by atoms with E-state index in [1.165, 1.54) is 11.1 Å². The van der Waals surface area contributed by atoms with Crippen LogP contribution in [-0.4, -0.2) is 0 Å². The van der Waals surface area contributed by atoms with E-state index in [2.05, 4.69) is 187 Å². The fourth-order valence-corrected chi connectivity index (χ4v) is 7.58. The number of rotatable bonds is 8. The first-order chi connectivity index (χ1) is 27.2. The molecule has 2 aromatic heterocycles. The highest BCUT2D eigenvalue weighted by Gasteiger charge is 2.21. The van der Waals surface area contributed by atoms with Gasteiger partial charge in [-0.25, -0.2) is 0 Å². The van der Waals surface area contributed by atoms with Gasteiger partial charge in [0.15, 0.2) is 0 Å².